The summed E-state index contributed by atoms with van der Waals surface area (Å²) >= 11 is 0. The van der Waals surface area contributed by atoms with Crippen molar-refractivity contribution < 1.29 is 33.5 Å². The molecule has 1 unspecified atom stereocenters. The first-order valence-corrected chi connectivity index (χ1v) is 6.25. The summed E-state index contributed by atoms with van der Waals surface area (Å²) in [4.78, 5) is 10.2. The average molecular weight is 384 g/mol. The van der Waals surface area contributed by atoms with E-state index < -0.39 is 0 Å². The molecule has 0 aliphatic heterocycles. The molecule has 106 valence electrons. The summed E-state index contributed by atoms with van der Waals surface area (Å²) in [5.74, 6) is 0.391. The number of benzene rings is 1. The first kappa shape index (κ1) is 16.6. The number of aryl methyl sites for hydroxylation is 1. The number of pyridine rings is 1. The Bertz CT molecular complexity index is 567. The van der Waals surface area contributed by atoms with Gasteiger partial charge in [0, 0.05) is 24.3 Å². The van der Waals surface area contributed by atoms with Gasteiger partial charge in [0.15, 0.2) is 12.4 Å². The largest absolute Gasteiger partial charge is 1.00 e. The molecular weight excluding hydrogens is 367 g/mol. The molecule has 4 nitrogen and oxygen atoms in total. The van der Waals surface area contributed by atoms with Crippen LogP contribution in [0.2, 0.25) is 0 Å². The molecule has 0 saturated heterocycles. The molecule has 1 aromatic heterocycles. The van der Waals surface area contributed by atoms with Crippen molar-refractivity contribution in [3.05, 3.63) is 70.0 Å². The Morgan fingerprint density at radius 3 is 2.20 bits per heavy atom. The van der Waals surface area contributed by atoms with E-state index in [0.29, 0.717) is 5.92 Å². The lowest BCUT2D eigenvalue weighted by atomic mass is 9.94. The highest BCUT2D eigenvalue weighted by atomic mass is 127. The lowest BCUT2D eigenvalue weighted by Crippen LogP contribution is -3.00. The molecule has 0 spiro atoms. The summed E-state index contributed by atoms with van der Waals surface area (Å²) in [6, 6.07) is 11.0. The second-order valence-electron chi connectivity index (χ2n) is 4.83. The van der Waals surface area contributed by atoms with Crippen LogP contribution in [-0.2, 0) is 13.5 Å². The number of rotatable bonds is 4. The van der Waals surface area contributed by atoms with E-state index in [1.165, 1.54) is 5.56 Å². The van der Waals surface area contributed by atoms with Crippen molar-refractivity contribution in [2.45, 2.75) is 19.3 Å². The van der Waals surface area contributed by atoms with Gasteiger partial charge in [-0.15, -0.1) is 0 Å². The zero-order valence-corrected chi connectivity index (χ0v) is 13.6. The van der Waals surface area contributed by atoms with E-state index in [2.05, 4.69) is 19.1 Å². The van der Waals surface area contributed by atoms with E-state index in [-0.39, 0.29) is 34.6 Å². The molecule has 0 aliphatic rings. The maximum absolute atomic E-state index is 10.6. The van der Waals surface area contributed by atoms with Crippen LogP contribution in [-0.4, -0.2) is 4.92 Å². The number of hydrogen-bond donors (Lipinski definition) is 0. The molecule has 0 aliphatic carbocycles. The number of aromatic nitrogens is 1. The first-order valence-electron chi connectivity index (χ1n) is 6.25. The molecule has 0 fully saturated rings. The average Bonchev–Trinajstić information content (AvgIpc) is 2.40. The summed E-state index contributed by atoms with van der Waals surface area (Å²) < 4.78 is 2.00. The predicted molar refractivity (Wildman–Crippen MR) is 72.8 cm³/mol. The minimum Gasteiger partial charge on any atom is -1.00 e. The van der Waals surface area contributed by atoms with Gasteiger partial charge in [-0.1, -0.05) is 19.1 Å². The van der Waals surface area contributed by atoms with E-state index in [0.717, 1.165) is 12.0 Å². The van der Waals surface area contributed by atoms with Crippen molar-refractivity contribution in [2.24, 2.45) is 7.05 Å². The third-order valence-corrected chi connectivity index (χ3v) is 3.26. The molecule has 1 atom stereocenters. The zero-order valence-electron chi connectivity index (χ0n) is 11.5. The second-order valence-corrected chi connectivity index (χ2v) is 4.83. The Labute approximate surface area is 135 Å². The number of nitro groups is 1. The Balaban J connectivity index is 0.00000200. The van der Waals surface area contributed by atoms with Gasteiger partial charge in [-0.3, -0.25) is 10.1 Å². The quantitative estimate of drug-likeness (QED) is 0.317. The van der Waals surface area contributed by atoms with Gasteiger partial charge in [-0.2, -0.15) is 0 Å². The number of nitrogens with zero attached hydrogens (tertiary/aromatic N) is 2. The van der Waals surface area contributed by atoms with Crippen LogP contribution in [0.3, 0.4) is 0 Å². The maximum Gasteiger partial charge on any atom is 0.269 e. The lowest BCUT2D eigenvalue weighted by molar-refractivity contribution is -0.671. The fourth-order valence-corrected chi connectivity index (χ4v) is 2.07. The fraction of sp³-hybridized carbons (Fsp3) is 0.267. The summed E-state index contributed by atoms with van der Waals surface area (Å²) in [7, 11) is 1.99. The highest BCUT2D eigenvalue weighted by molar-refractivity contribution is 5.33. The van der Waals surface area contributed by atoms with Gasteiger partial charge in [0.1, 0.15) is 7.05 Å². The maximum atomic E-state index is 10.6. The molecule has 0 amide bonds. The Kier molecular flexibility index (Phi) is 6.06. The van der Waals surface area contributed by atoms with Crippen LogP contribution in [0.15, 0.2) is 48.8 Å². The van der Waals surface area contributed by atoms with Crippen LogP contribution in [0.4, 0.5) is 5.69 Å². The molecule has 0 saturated carbocycles. The number of halogens is 1. The summed E-state index contributed by atoms with van der Waals surface area (Å²) in [5.41, 5.74) is 2.53. The highest BCUT2D eigenvalue weighted by Gasteiger charge is 2.09. The lowest BCUT2D eigenvalue weighted by Gasteiger charge is -2.10. The molecule has 2 rings (SSSR count). The van der Waals surface area contributed by atoms with Crippen LogP contribution in [0.1, 0.15) is 24.0 Å². The van der Waals surface area contributed by atoms with E-state index >= 15 is 0 Å². The fourth-order valence-electron chi connectivity index (χ4n) is 2.07. The SMILES string of the molecule is CC(Cc1ccc([N+](=O)[O-])cc1)c1cc[n+](C)cc1.[I-]. The minimum atomic E-state index is -0.371. The summed E-state index contributed by atoms with van der Waals surface area (Å²) in [5, 5.41) is 10.6. The van der Waals surface area contributed by atoms with Crippen molar-refractivity contribution in [3.63, 3.8) is 0 Å². The van der Waals surface area contributed by atoms with Crippen LogP contribution in [0, 0.1) is 10.1 Å². The van der Waals surface area contributed by atoms with Gasteiger partial charge in [0.05, 0.1) is 4.92 Å². The Hall–Kier alpha value is -1.50. The molecule has 5 heteroatoms. The highest BCUT2D eigenvalue weighted by Crippen LogP contribution is 2.21. The van der Waals surface area contributed by atoms with E-state index in [1.807, 2.05) is 36.1 Å². The van der Waals surface area contributed by atoms with Gasteiger partial charge in [0.2, 0.25) is 0 Å². The summed E-state index contributed by atoms with van der Waals surface area (Å²) in [6.45, 7) is 2.16. The molecule has 20 heavy (non-hydrogen) atoms. The topological polar surface area (TPSA) is 47.0 Å². The van der Waals surface area contributed by atoms with Crippen molar-refractivity contribution >= 4 is 5.69 Å². The van der Waals surface area contributed by atoms with Gasteiger partial charge >= 0.3 is 0 Å². The van der Waals surface area contributed by atoms with Crippen molar-refractivity contribution in [2.75, 3.05) is 0 Å². The monoisotopic (exact) mass is 384 g/mol. The molecule has 0 N–H and O–H groups in total. The smallest absolute Gasteiger partial charge is 0.269 e. The Morgan fingerprint density at radius 1 is 1.15 bits per heavy atom. The molecule has 1 heterocycles. The number of nitro benzene ring substituents is 1. The minimum absolute atomic E-state index is 0. The van der Waals surface area contributed by atoms with Crippen LogP contribution < -0.4 is 28.5 Å². The van der Waals surface area contributed by atoms with Crippen LogP contribution >= 0.6 is 0 Å². The molecule has 2 aromatic rings. The van der Waals surface area contributed by atoms with Crippen molar-refractivity contribution in [3.8, 4) is 0 Å². The van der Waals surface area contributed by atoms with Crippen LogP contribution in [0.5, 0.6) is 0 Å². The Morgan fingerprint density at radius 2 is 1.70 bits per heavy atom. The van der Waals surface area contributed by atoms with E-state index in [4.69, 9.17) is 0 Å². The first-order chi connectivity index (χ1) is 9.06. The third kappa shape index (κ3) is 4.26. The predicted octanol–water partition coefficient (Wildman–Crippen LogP) is -0.230. The van der Waals surface area contributed by atoms with Crippen molar-refractivity contribution in [1.29, 1.82) is 0 Å². The summed E-state index contributed by atoms with van der Waals surface area (Å²) in [6.07, 6.45) is 4.94. The number of hydrogen-bond acceptors (Lipinski definition) is 2. The molecule has 0 radical (unpaired) electrons. The number of non-ortho nitro benzene ring substituents is 1. The van der Waals surface area contributed by atoms with Gasteiger partial charge in [-0.05, 0) is 23.5 Å². The van der Waals surface area contributed by atoms with Gasteiger partial charge < -0.3 is 24.0 Å². The molecule has 1 aromatic carbocycles. The molecule has 0 bridgehead atoms. The second kappa shape index (κ2) is 7.33. The third-order valence-electron chi connectivity index (χ3n) is 3.26. The van der Waals surface area contributed by atoms with Crippen molar-refractivity contribution in [1.82, 2.24) is 0 Å². The molecular formula is C15H17IN2O2. The standard InChI is InChI=1S/C15H17N2O2.HI/c1-12(14-7-9-16(2)10-8-14)11-13-3-5-15(6-4-13)17(18)19;/h3-10,12H,11H2,1-2H3;1H/q+1;/p-1. The van der Waals surface area contributed by atoms with Gasteiger partial charge in [0.25, 0.3) is 5.69 Å². The van der Waals surface area contributed by atoms with Crippen LogP contribution in [0.25, 0.3) is 0 Å². The van der Waals surface area contributed by atoms with E-state index in [1.54, 1.807) is 12.1 Å². The van der Waals surface area contributed by atoms with E-state index in [9.17, 15) is 10.1 Å². The normalized spacial score (nSPS) is 11.5. The van der Waals surface area contributed by atoms with Gasteiger partial charge in [-0.25, -0.2) is 4.57 Å². The zero-order chi connectivity index (χ0) is 13.8.